The number of carbonyl (C=O) groups is 1. The summed E-state index contributed by atoms with van der Waals surface area (Å²) in [5, 5.41) is 4.24. The second kappa shape index (κ2) is 4.31. The van der Waals surface area contributed by atoms with Crippen LogP contribution in [0.5, 0.6) is 0 Å². The van der Waals surface area contributed by atoms with E-state index in [0.717, 1.165) is 29.7 Å². The van der Waals surface area contributed by atoms with E-state index < -0.39 is 0 Å². The number of aldehydes is 1. The molecule has 82 valence electrons. The van der Waals surface area contributed by atoms with Crippen molar-refractivity contribution in [2.75, 3.05) is 0 Å². The fraction of sp³-hybridized carbons (Fsp3) is 0.231. The number of nitrogens with zero attached hydrogens (tertiary/aromatic N) is 2. The van der Waals surface area contributed by atoms with Crippen LogP contribution >= 0.6 is 0 Å². The highest BCUT2D eigenvalue weighted by Crippen LogP contribution is 2.23. The maximum atomic E-state index is 10.7. The first-order chi connectivity index (χ1) is 7.76. The molecule has 0 fully saturated rings. The van der Waals surface area contributed by atoms with Crippen LogP contribution in [0.2, 0.25) is 0 Å². The average molecular weight is 214 g/mol. The molecule has 0 aliphatic heterocycles. The van der Waals surface area contributed by atoms with Crippen LogP contribution in [0, 0.1) is 6.92 Å². The van der Waals surface area contributed by atoms with Gasteiger partial charge < -0.3 is 0 Å². The van der Waals surface area contributed by atoms with Crippen molar-refractivity contribution in [1.29, 1.82) is 0 Å². The summed E-state index contributed by atoms with van der Waals surface area (Å²) < 4.78 is 1.95. The lowest BCUT2D eigenvalue weighted by Gasteiger charge is -2.08. The summed E-state index contributed by atoms with van der Waals surface area (Å²) in [7, 11) is 0. The number of hydrogen-bond donors (Lipinski definition) is 0. The maximum Gasteiger partial charge on any atom is 0.150 e. The normalized spacial score (nSPS) is 10.4. The summed E-state index contributed by atoms with van der Waals surface area (Å²) in [5.74, 6) is 0. The van der Waals surface area contributed by atoms with Gasteiger partial charge in [-0.1, -0.05) is 12.1 Å². The van der Waals surface area contributed by atoms with Crippen molar-refractivity contribution >= 4 is 6.29 Å². The van der Waals surface area contributed by atoms with Gasteiger partial charge in [0, 0.05) is 23.9 Å². The van der Waals surface area contributed by atoms with Gasteiger partial charge in [0.05, 0.1) is 5.69 Å². The van der Waals surface area contributed by atoms with Crippen LogP contribution < -0.4 is 0 Å². The Kier molecular flexibility index (Phi) is 2.86. The Morgan fingerprint density at radius 1 is 1.38 bits per heavy atom. The summed E-state index contributed by atoms with van der Waals surface area (Å²) >= 11 is 0. The van der Waals surface area contributed by atoms with Gasteiger partial charge in [0.25, 0.3) is 0 Å². The van der Waals surface area contributed by atoms with Crippen LogP contribution in [0.3, 0.4) is 0 Å². The fourth-order valence-electron chi connectivity index (χ4n) is 1.86. The Hall–Kier alpha value is -1.90. The van der Waals surface area contributed by atoms with Crippen LogP contribution in [0.15, 0.2) is 30.5 Å². The molecule has 0 aliphatic rings. The molecule has 2 aromatic rings. The molecule has 0 spiro atoms. The van der Waals surface area contributed by atoms with Crippen molar-refractivity contribution in [3.8, 4) is 11.3 Å². The molecule has 2 rings (SSSR count). The van der Waals surface area contributed by atoms with Crippen molar-refractivity contribution in [3.63, 3.8) is 0 Å². The van der Waals surface area contributed by atoms with Gasteiger partial charge in [-0.3, -0.25) is 9.48 Å². The first kappa shape index (κ1) is 10.6. The third kappa shape index (κ3) is 1.76. The predicted molar refractivity (Wildman–Crippen MR) is 63.5 cm³/mol. The van der Waals surface area contributed by atoms with Gasteiger partial charge in [-0.05, 0) is 31.5 Å². The number of aryl methyl sites for hydroxylation is 2. The van der Waals surface area contributed by atoms with Crippen molar-refractivity contribution < 1.29 is 4.79 Å². The molecule has 0 aliphatic carbocycles. The highest BCUT2D eigenvalue weighted by atomic mass is 16.1. The standard InChI is InChI=1S/C13H14N2O/c1-3-15-13(6-7-14-15)12-5-4-11(9-16)8-10(12)2/h4-9H,3H2,1-2H3. The van der Waals surface area contributed by atoms with Crippen molar-refractivity contribution in [2.24, 2.45) is 0 Å². The second-order valence-electron chi connectivity index (χ2n) is 3.72. The fourth-order valence-corrected chi connectivity index (χ4v) is 1.86. The first-order valence-corrected chi connectivity index (χ1v) is 5.34. The van der Waals surface area contributed by atoms with Gasteiger partial charge in [0.2, 0.25) is 0 Å². The van der Waals surface area contributed by atoms with Gasteiger partial charge >= 0.3 is 0 Å². The van der Waals surface area contributed by atoms with Gasteiger partial charge in [0.1, 0.15) is 6.29 Å². The smallest absolute Gasteiger partial charge is 0.150 e. The molecule has 3 heteroatoms. The summed E-state index contributed by atoms with van der Waals surface area (Å²) in [6, 6.07) is 7.70. The van der Waals surface area contributed by atoms with E-state index in [-0.39, 0.29) is 0 Å². The van der Waals surface area contributed by atoms with Crippen LogP contribution in [-0.4, -0.2) is 16.1 Å². The second-order valence-corrected chi connectivity index (χ2v) is 3.72. The zero-order valence-electron chi connectivity index (χ0n) is 9.47. The molecule has 3 nitrogen and oxygen atoms in total. The highest BCUT2D eigenvalue weighted by Gasteiger charge is 2.07. The lowest BCUT2D eigenvalue weighted by atomic mass is 10.0. The van der Waals surface area contributed by atoms with E-state index in [1.54, 1.807) is 6.20 Å². The molecule has 0 bridgehead atoms. The van der Waals surface area contributed by atoms with Crippen LogP contribution in [0.1, 0.15) is 22.8 Å². The minimum atomic E-state index is 0.712. The predicted octanol–water partition coefficient (Wildman–Crippen LogP) is 2.69. The molecule has 0 saturated heterocycles. The Morgan fingerprint density at radius 3 is 2.81 bits per heavy atom. The molecule has 16 heavy (non-hydrogen) atoms. The van der Waals surface area contributed by atoms with Gasteiger partial charge in [0.15, 0.2) is 0 Å². The Labute approximate surface area is 94.7 Å². The van der Waals surface area contributed by atoms with E-state index in [1.165, 1.54) is 0 Å². The zero-order chi connectivity index (χ0) is 11.5. The molecule has 0 radical (unpaired) electrons. The summed E-state index contributed by atoms with van der Waals surface area (Å²) in [6.07, 6.45) is 2.67. The molecule has 1 aromatic carbocycles. The Balaban J connectivity index is 2.52. The lowest BCUT2D eigenvalue weighted by molar-refractivity contribution is 0.112. The minimum absolute atomic E-state index is 0.712. The monoisotopic (exact) mass is 214 g/mol. The molecule has 0 amide bonds. The Bertz CT molecular complexity index is 514. The third-order valence-electron chi connectivity index (χ3n) is 2.68. The Morgan fingerprint density at radius 2 is 2.19 bits per heavy atom. The average Bonchev–Trinajstić information content (AvgIpc) is 2.76. The number of benzene rings is 1. The van der Waals surface area contributed by atoms with E-state index in [0.29, 0.717) is 5.56 Å². The molecule has 0 atom stereocenters. The van der Waals surface area contributed by atoms with E-state index >= 15 is 0 Å². The van der Waals surface area contributed by atoms with Crippen molar-refractivity contribution in [1.82, 2.24) is 9.78 Å². The summed E-state index contributed by atoms with van der Waals surface area (Å²) in [6.45, 7) is 4.91. The zero-order valence-corrected chi connectivity index (χ0v) is 9.47. The third-order valence-corrected chi connectivity index (χ3v) is 2.68. The quantitative estimate of drug-likeness (QED) is 0.736. The maximum absolute atomic E-state index is 10.7. The molecule has 0 unspecified atom stereocenters. The SMILES string of the molecule is CCn1nccc1-c1ccc(C=O)cc1C. The molecule has 1 aromatic heterocycles. The van der Waals surface area contributed by atoms with Crippen molar-refractivity contribution in [3.05, 3.63) is 41.6 Å². The first-order valence-electron chi connectivity index (χ1n) is 5.34. The molecule has 0 N–H and O–H groups in total. The molecular weight excluding hydrogens is 200 g/mol. The van der Waals surface area contributed by atoms with E-state index in [2.05, 4.69) is 12.0 Å². The number of rotatable bonds is 3. The molecule has 0 saturated carbocycles. The largest absolute Gasteiger partial charge is 0.298 e. The number of hydrogen-bond acceptors (Lipinski definition) is 2. The van der Waals surface area contributed by atoms with Crippen molar-refractivity contribution in [2.45, 2.75) is 20.4 Å². The summed E-state index contributed by atoms with van der Waals surface area (Å²) in [4.78, 5) is 10.7. The van der Waals surface area contributed by atoms with E-state index in [9.17, 15) is 4.79 Å². The van der Waals surface area contributed by atoms with Gasteiger partial charge in [-0.15, -0.1) is 0 Å². The molecular formula is C13H14N2O. The van der Waals surface area contributed by atoms with Crippen LogP contribution in [0.25, 0.3) is 11.3 Å². The van der Waals surface area contributed by atoms with Gasteiger partial charge in [-0.2, -0.15) is 5.10 Å². The molecule has 1 heterocycles. The van der Waals surface area contributed by atoms with Crippen LogP contribution in [0.4, 0.5) is 0 Å². The van der Waals surface area contributed by atoms with E-state index in [1.807, 2.05) is 35.9 Å². The number of carbonyl (C=O) groups excluding carboxylic acids is 1. The highest BCUT2D eigenvalue weighted by molar-refractivity contribution is 5.78. The van der Waals surface area contributed by atoms with E-state index in [4.69, 9.17) is 0 Å². The minimum Gasteiger partial charge on any atom is -0.298 e. The summed E-state index contributed by atoms with van der Waals surface area (Å²) in [5.41, 5.74) is 4.03. The number of aromatic nitrogens is 2. The van der Waals surface area contributed by atoms with Gasteiger partial charge in [-0.25, -0.2) is 0 Å². The lowest BCUT2D eigenvalue weighted by Crippen LogP contribution is -1.99. The topological polar surface area (TPSA) is 34.9 Å². The van der Waals surface area contributed by atoms with Crippen LogP contribution in [-0.2, 0) is 6.54 Å².